The number of hydrogen-bond donors (Lipinski definition) is 1. The van der Waals surface area contributed by atoms with Gasteiger partial charge in [-0.1, -0.05) is 25.4 Å². The van der Waals surface area contributed by atoms with E-state index in [2.05, 4.69) is 4.72 Å². The van der Waals surface area contributed by atoms with E-state index in [9.17, 15) is 18.5 Å². The fourth-order valence-electron chi connectivity index (χ4n) is 1.21. The second kappa shape index (κ2) is 5.64. The van der Waals surface area contributed by atoms with Gasteiger partial charge in [-0.2, -0.15) is 0 Å². The number of nitrogens with one attached hydrogen (secondary N) is 1. The molecule has 0 fully saturated rings. The largest absolute Gasteiger partial charge is 0.290 e. The average molecular weight is 293 g/mol. The number of nitrogens with zero attached hydrogens (tertiary/aromatic N) is 1. The average Bonchev–Trinajstić information content (AvgIpc) is 2.26. The van der Waals surface area contributed by atoms with Crippen LogP contribution in [0.1, 0.15) is 13.8 Å². The van der Waals surface area contributed by atoms with Crippen LogP contribution in [0.15, 0.2) is 23.1 Å². The van der Waals surface area contributed by atoms with Crippen molar-refractivity contribution in [3.8, 4) is 0 Å². The van der Waals surface area contributed by atoms with Gasteiger partial charge in [0.2, 0.25) is 10.0 Å². The molecule has 1 N–H and O–H groups in total. The third-order valence-corrected chi connectivity index (χ3v) is 3.79. The molecule has 0 aliphatic carbocycles. The Balaban J connectivity index is 3.20. The number of hydrogen-bond acceptors (Lipinski definition) is 4. The lowest BCUT2D eigenvalue weighted by Gasteiger charge is -2.09. The van der Waals surface area contributed by atoms with Crippen LogP contribution in [0.3, 0.4) is 0 Å². The molecule has 0 aromatic heterocycles. The summed E-state index contributed by atoms with van der Waals surface area (Å²) in [5.41, 5.74) is -0.529. The Labute approximate surface area is 110 Å². The second-order valence-corrected chi connectivity index (χ2v) is 6.29. The molecule has 1 rings (SSSR count). The first-order chi connectivity index (χ1) is 8.24. The fraction of sp³-hybridized carbons (Fsp3) is 0.400. The number of halogens is 1. The van der Waals surface area contributed by atoms with Crippen molar-refractivity contribution in [2.24, 2.45) is 5.92 Å². The summed E-state index contributed by atoms with van der Waals surface area (Å²) in [5, 5.41) is 10.9. The SMILES string of the molecule is CC(C)CNS(=O)(=O)c1ccc(Cl)cc1[N+](=O)[O-]. The molecule has 6 nitrogen and oxygen atoms in total. The molecule has 0 bridgehead atoms. The topological polar surface area (TPSA) is 89.3 Å². The number of benzene rings is 1. The van der Waals surface area contributed by atoms with Gasteiger partial charge in [-0.3, -0.25) is 10.1 Å². The van der Waals surface area contributed by atoms with Crippen LogP contribution in [0.25, 0.3) is 0 Å². The molecular formula is C10H13ClN2O4S. The monoisotopic (exact) mass is 292 g/mol. The molecule has 0 heterocycles. The van der Waals surface area contributed by atoms with Crippen LogP contribution in [-0.2, 0) is 10.0 Å². The highest BCUT2D eigenvalue weighted by atomic mass is 35.5. The highest BCUT2D eigenvalue weighted by Crippen LogP contribution is 2.26. The Hall–Kier alpha value is -1.18. The van der Waals surface area contributed by atoms with Crippen molar-refractivity contribution in [1.82, 2.24) is 4.72 Å². The zero-order valence-corrected chi connectivity index (χ0v) is 11.5. The Morgan fingerprint density at radius 2 is 2.06 bits per heavy atom. The molecule has 0 atom stereocenters. The maximum atomic E-state index is 11.9. The zero-order valence-electron chi connectivity index (χ0n) is 9.88. The van der Waals surface area contributed by atoms with Gasteiger partial charge in [0.1, 0.15) is 0 Å². The normalized spacial score (nSPS) is 11.8. The summed E-state index contributed by atoms with van der Waals surface area (Å²) in [7, 11) is -3.90. The van der Waals surface area contributed by atoms with Gasteiger partial charge < -0.3 is 0 Å². The minimum Gasteiger partial charge on any atom is -0.258 e. The number of nitro groups is 1. The van der Waals surface area contributed by atoms with E-state index < -0.39 is 20.6 Å². The van der Waals surface area contributed by atoms with E-state index in [1.165, 1.54) is 6.07 Å². The van der Waals surface area contributed by atoms with Crippen LogP contribution in [-0.4, -0.2) is 19.9 Å². The first kappa shape index (κ1) is 14.9. The zero-order chi connectivity index (χ0) is 13.9. The Morgan fingerprint density at radius 3 is 2.56 bits per heavy atom. The quantitative estimate of drug-likeness (QED) is 0.665. The molecule has 100 valence electrons. The van der Waals surface area contributed by atoms with E-state index in [0.717, 1.165) is 12.1 Å². The smallest absolute Gasteiger partial charge is 0.258 e. The van der Waals surface area contributed by atoms with Crippen molar-refractivity contribution in [2.75, 3.05) is 6.54 Å². The lowest BCUT2D eigenvalue weighted by Crippen LogP contribution is -2.28. The lowest BCUT2D eigenvalue weighted by atomic mass is 10.2. The third kappa shape index (κ3) is 3.66. The third-order valence-electron chi connectivity index (χ3n) is 2.09. The van der Waals surface area contributed by atoms with Gasteiger partial charge in [-0.25, -0.2) is 13.1 Å². The summed E-state index contributed by atoms with van der Waals surface area (Å²) in [6, 6.07) is 3.45. The van der Waals surface area contributed by atoms with E-state index in [1.807, 2.05) is 13.8 Å². The van der Waals surface area contributed by atoms with Crippen LogP contribution >= 0.6 is 11.6 Å². The molecule has 0 amide bonds. The van der Waals surface area contributed by atoms with E-state index in [1.54, 1.807) is 0 Å². The maximum absolute atomic E-state index is 11.9. The highest BCUT2D eigenvalue weighted by molar-refractivity contribution is 7.89. The molecule has 0 radical (unpaired) electrons. The van der Waals surface area contributed by atoms with E-state index in [-0.39, 0.29) is 22.4 Å². The van der Waals surface area contributed by atoms with Gasteiger partial charge in [0, 0.05) is 17.6 Å². The number of rotatable bonds is 5. The van der Waals surface area contributed by atoms with Crippen molar-refractivity contribution < 1.29 is 13.3 Å². The summed E-state index contributed by atoms with van der Waals surface area (Å²) in [6.45, 7) is 3.87. The molecule has 8 heteroatoms. The van der Waals surface area contributed by atoms with E-state index in [0.29, 0.717) is 0 Å². The van der Waals surface area contributed by atoms with Crippen LogP contribution in [0.4, 0.5) is 5.69 Å². The second-order valence-electron chi connectivity index (χ2n) is 4.11. The summed E-state index contributed by atoms with van der Waals surface area (Å²) in [6.07, 6.45) is 0. The fourth-order valence-corrected chi connectivity index (χ4v) is 2.75. The minimum absolute atomic E-state index is 0.103. The summed E-state index contributed by atoms with van der Waals surface area (Å²) < 4.78 is 26.1. The van der Waals surface area contributed by atoms with Crippen LogP contribution in [0.2, 0.25) is 5.02 Å². The first-order valence-electron chi connectivity index (χ1n) is 5.17. The van der Waals surface area contributed by atoms with E-state index >= 15 is 0 Å². The van der Waals surface area contributed by atoms with Gasteiger partial charge in [-0.05, 0) is 18.1 Å². The summed E-state index contributed by atoms with van der Waals surface area (Å²) in [4.78, 5) is 9.67. The summed E-state index contributed by atoms with van der Waals surface area (Å²) >= 11 is 5.62. The van der Waals surface area contributed by atoms with Crippen LogP contribution in [0.5, 0.6) is 0 Å². The Bertz CT molecular complexity index is 557. The van der Waals surface area contributed by atoms with Crippen molar-refractivity contribution in [3.63, 3.8) is 0 Å². The number of nitro benzene ring substituents is 1. The molecule has 0 aliphatic rings. The molecular weight excluding hydrogens is 280 g/mol. The predicted molar refractivity (Wildman–Crippen MR) is 68.1 cm³/mol. The standard InChI is InChI=1S/C10H13ClN2O4S/c1-7(2)6-12-18(16,17)10-4-3-8(11)5-9(10)13(14)15/h3-5,7,12H,6H2,1-2H3. The van der Waals surface area contributed by atoms with Gasteiger partial charge in [0.15, 0.2) is 4.90 Å². The van der Waals surface area contributed by atoms with Crippen LogP contribution in [0, 0.1) is 16.0 Å². The van der Waals surface area contributed by atoms with E-state index in [4.69, 9.17) is 11.6 Å². The van der Waals surface area contributed by atoms with Crippen molar-refractivity contribution in [2.45, 2.75) is 18.7 Å². The highest BCUT2D eigenvalue weighted by Gasteiger charge is 2.25. The van der Waals surface area contributed by atoms with Crippen molar-refractivity contribution >= 4 is 27.3 Å². The lowest BCUT2D eigenvalue weighted by molar-refractivity contribution is -0.387. The molecule has 18 heavy (non-hydrogen) atoms. The minimum atomic E-state index is -3.90. The Morgan fingerprint density at radius 1 is 1.44 bits per heavy atom. The molecule has 0 aliphatic heterocycles. The first-order valence-corrected chi connectivity index (χ1v) is 7.03. The molecule has 0 saturated heterocycles. The molecule has 1 aromatic carbocycles. The van der Waals surface area contributed by atoms with Crippen LogP contribution < -0.4 is 4.72 Å². The molecule has 0 spiro atoms. The summed E-state index contributed by atoms with van der Waals surface area (Å²) in [5.74, 6) is 0.103. The van der Waals surface area contributed by atoms with Crippen molar-refractivity contribution in [1.29, 1.82) is 0 Å². The van der Waals surface area contributed by atoms with Gasteiger partial charge in [-0.15, -0.1) is 0 Å². The Kier molecular flexibility index (Phi) is 4.66. The maximum Gasteiger partial charge on any atom is 0.290 e. The molecule has 0 saturated carbocycles. The number of sulfonamides is 1. The molecule has 1 aromatic rings. The van der Waals surface area contributed by atoms with Gasteiger partial charge in [0.25, 0.3) is 5.69 Å². The van der Waals surface area contributed by atoms with Gasteiger partial charge in [0.05, 0.1) is 4.92 Å². The van der Waals surface area contributed by atoms with Crippen molar-refractivity contribution in [3.05, 3.63) is 33.3 Å². The van der Waals surface area contributed by atoms with Gasteiger partial charge >= 0.3 is 0 Å². The predicted octanol–water partition coefficient (Wildman–Crippen LogP) is 2.18. The molecule has 0 unspecified atom stereocenters.